The molecule has 1 aromatic carbocycles. The van der Waals surface area contributed by atoms with Crippen molar-refractivity contribution in [1.82, 2.24) is 9.62 Å². The summed E-state index contributed by atoms with van der Waals surface area (Å²) in [5.74, 6) is 0.0991. The van der Waals surface area contributed by atoms with Crippen LogP contribution in [0, 0.1) is 11.8 Å². The van der Waals surface area contributed by atoms with Gasteiger partial charge in [0.2, 0.25) is 15.9 Å². The molecule has 0 saturated carbocycles. The molecule has 1 heterocycles. The lowest BCUT2D eigenvalue weighted by atomic mass is 9.88. The predicted molar refractivity (Wildman–Crippen MR) is 112 cm³/mol. The lowest BCUT2D eigenvalue weighted by Gasteiger charge is -2.32. The second-order valence-corrected chi connectivity index (χ2v) is 8.46. The normalized spacial score (nSPS) is 15.6. The summed E-state index contributed by atoms with van der Waals surface area (Å²) in [4.78, 5) is 12.8. The highest BCUT2D eigenvalue weighted by atomic mass is 35.5. The minimum absolute atomic E-state index is 0. The maximum atomic E-state index is 12.8. The molecular formula is C18H31ClN4O3S. The molecule has 1 unspecified atom stereocenters. The summed E-state index contributed by atoms with van der Waals surface area (Å²) in [5.41, 5.74) is 1.22. The van der Waals surface area contributed by atoms with Gasteiger partial charge in [-0.2, -0.15) is 4.31 Å². The molecule has 9 heteroatoms. The van der Waals surface area contributed by atoms with Gasteiger partial charge in [0.25, 0.3) is 0 Å². The molecule has 1 atom stereocenters. The van der Waals surface area contributed by atoms with Gasteiger partial charge in [-0.05, 0) is 44.1 Å². The molecule has 1 amide bonds. The van der Waals surface area contributed by atoms with Crippen LogP contribution in [-0.2, 0) is 14.8 Å². The van der Waals surface area contributed by atoms with Crippen LogP contribution in [-0.4, -0.2) is 51.4 Å². The summed E-state index contributed by atoms with van der Waals surface area (Å²) in [7, 11) is -3.58. The Labute approximate surface area is 168 Å². The quantitative estimate of drug-likeness (QED) is 0.572. The van der Waals surface area contributed by atoms with E-state index in [1.165, 1.54) is 4.31 Å². The van der Waals surface area contributed by atoms with E-state index in [0.29, 0.717) is 31.2 Å². The highest BCUT2D eigenvalue weighted by Gasteiger charge is 2.29. The third-order valence-electron chi connectivity index (χ3n) is 4.89. The van der Waals surface area contributed by atoms with Crippen molar-refractivity contribution in [3.05, 3.63) is 18.2 Å². The van der Waals surface area contributed by atoms with Gasteiger partial charge in [0.05, 0.1) is 16.3 Å². The minimum Gasteiger partial charge on any atom is -0.384 e. The van der Waals surface area contributed by atoms with Crippen molar-refractivity contribution in [3.63, 3.8) is 0 Å². The van der Waals surface area contributed by atoms with Gasteiger partial charge in [-0.1, -0.05) is 20.8 Å². The van der Waals surface area contributed by atoms with Crippen LogP contribution in [0.2, 0.25) is 0 Å². The Morgan fingerprint density at radius 3 is 2.33 bits per heavy atom. The topological polar surface area (TPSA) is 90.5 Å². The van der Waals surface area contributed by atoms with Crippen molar-refractivity contribution in [2.75, 3.05) is 43.4 Å². The second-order valence-electron chi connectivity index (χ2n) is 6.52. The van der Waals surface area contributed by atoms with E-state index in [4.69, 9.17) is 0 Å². The lowest BCUT2D eigenvalue weighted by molar-refractivity contribution is -0.121. The first-order chi connectivity index (χ1) is 12.3. The molecule has 0 aliphatic carbocycles. The fourth-order valence-electron chi connectivity index (χ4n) is 2.97. The summed E-state index contributed by atoms with van der Waals surface area (Å²) >= 11 is 0. The van der Waals surface area contributed by atoms with Gasteiger partial charge in [0.15, 0.2) is 0 Å². The molecule has 0 spiro atoms. The number of anilines is 2. The van der Waals surface area contributed by atoms with Crippen LogP contribution in [0.15, 0.2) is 23.1 Å². The molecule has 0 bridgehead atoms. The summed E-state index contributed by atoms with van der Waals surface area (Å²) in [5, 5.41) is 9.27. The van der Waals surface area contributed by atoms with E-state index in [1.807, 2.05) is 27.7 Å². The number of hydrogen-bond acceptors (Lipinski definition) is 5. The number of carbonyl (C=O) groups excluding carboxylic acids is 1. The molecular weight excluding hydrogens is 388 g/mol. The molecule has 27 heavy (non-hydrogen) atoms. The van der Waals surface area contributed by atoms with Crippen LogP contribution in [0.3, 0.4) is 0 Å². The molecule has 154 valence electrons. The molecule has 1 aromatic rings. The average Bonchev–Trinajstić information content (AvgIpc) is 2.55. The smallest absolute Gasteiger partial charge is 0.243 e. The van der Waals surface area contributed by atoms with E-state index in [2.05, 4.69) is 16.0 Å². The lowest BCUT2D eigenvalue weighted by Crippen LogP contribution is -2.48. The first kappa shape index (κ1) is 23.7. The highest BCUT2D eigenvalue weighted by Crippen LogP contribution is 2.28. The second kappa shape index (κ2) is 10.3. The number of benzene rings is 1. The van der Waals surface area contributed by atoms with Crippen molar-refractivity contribution < 1.29 is 13.2 Å². The Morgan fingerprint density at radius 2 is 1.85 bits per heavy atom. The number of nitrogens with zero attached hydrogens (tertiary/aromatic N) is 1. The number of nitrogens with one attached hydrogen (secondary N) is 3. The Balaban J connectivity index is 0.00000364. The van der Waals surface area contributed by atoms with Crippen molar-refractivity contribution in [1.29, 1.82) is 0 Å². The van der Waals surface area contributed by atoms with Crippen LogP contribution < -0.4 is 16.0 Å². The average molecular weight is 419 g/mol. The number of sulfonamides is 1. The van der Waals surface area contributed by atoms with Gasteiger partial charge in [-0.15, -0.1) is 12.4 Å². The standard InChI is InChI=1S/C18H30N4O3S.ClH/c1-5-20-16-9-8-15(26(24,25)22(6-2)7-3)10-17(16)21-18(23)13(4)14-11-19-12-14;/h8-10,13-14,19-20H,5-7,11-12H2,1-4H3,(H,21,23);1H. The summed E-state index contributed by atoms with van der Waals surface area (Å²) < 4.78 is 27.0. The van der Waals surface area contributed by atoms with Gasteiger partial charge in [-0.3, -0.25) is 4.79 Å². The maximum Gasteiger partial charge on any atom is 0.243 e. The van der Waals surface area contributed by atoms with Crippen molar-refractivity contribution >= 4 is 39.7 Å². The first-order valence-corrected chi connectivity index (χ1v) is 10.7. The van der Waals surface area contributed by atoms with E-state index in [1.54, 1.807) is 18.2 Å². The Morgan fingerprint density at radius 1 is 1.22 bits per heavy atom. The van der Waals surface area contributed by atoms with Crippen molar-refractivity contribution in [3.8, 4) is 0 Å². The fourth-order valence-corrected chi connectivity index (χ4v) is 4.45. The molecule has 7 nitrogen and oxygen atoms in total. The van der Waals surface area contributed by atoms with Crippen LogP contribution in [0.1, 0.15) is 27.7 Å². The number of rotatable bonds is 9. The van der Waals surface area contributed by atoms with Crippen LogP contribution in [0.25, 0.3) is 0 Å². The number of amides is 1. The molecule has 1 aliphatic heterocycles. The zero-order valence-corrected chi connectivity index (χ0v) is 18.0. The number of carbonyl (C=O) groups is 1. The van der Waals surface area contributed by atoms with E-state index >= 15 is 0 Å². The Kier molecular flexibility index (Phi) is 9.01. The third kappa shape index (κ3) is 5.34. The van der Waals surface area contributed by atoms with E-state index in [0.717, 1.165) is 18.8 Å². The zero-order chi connectivity index (χ0) is 19.3. The van der Waals surface area contributed by atoms with Crippen LogP contribution in [0.4, 0.5) is 11.4 Å². The molecule has 1 fully saturated rings. The van der Waals surface area contributed by atoms with E-state index < -0.39 is 10.0 Å². The maximum absolute atomic E-state index is 12.8. The molecule has 3 N–H and O–H groups in total. The summed E-state index contributed by atoms with van der Waals surface area (Å²) in [6.45, 7) is 10.6. The van der Waals surface area contributed by atoms with Gasteiger partial charge < -0.3 is 16.0 Å². The van der Waals surface area contributed by atoms with Gasteiger partial charge in [0.1, 0.15) is 0 Å². The molecule has 1 saturated heterocycles. The van der Waals surface area contributed by atoms with E-state index in [9.17, 15) is 13.2 Å². The number of hydrogen-bond donors (Lipinski definition) is 3. The van der Waals surface area contributed by atoms with Gasteiger partial charge in [0, 0.05) is 25.6 Å². The molecule has 0 aromatic heterocycles. The molecule has 0 radical (unpaired) electrons. The van der Waals surface area contributed by atoms with Crippen molar-refractivity contribution in [2.24, 2.45) is 11.8 Å². The molecule has 2 rings (SSSR count). The van der Waals surface area contributed by atoms with E-state index in [-0.39, 0.29) is 29.1 Å². The fraction of sp³-hybridized carbons (Fsp3) is 0.611. The molecule has 1 aliphatic rings. The largest absolute Gasteiger partial charge is 0.384 e. The summed E-state index contributed by atoms with van der Waals surface area (Å²) in [6, 6.07) is 4.85. The Hall–Kier alpha value is -1.35. The Bertz CT molecular complexity index is 734. The monoisotopic (exact) mass is 418 g/mol. The number of halogens is 1. The van der Waals surface area contributed by atoms with Crippen LogP contribution in [0.5, 0.6) is 0 Å². The SMILES string of the molecule is CCNc1ccc(S(=O)(=O)N(CC)CC)cc1NC(=O)C(C)C1CNC1.Cl. The first-order valence-electron chi connectivity index (χ1n) is 9.24. The van der Waals surface area contributed by atoms with Crippen molar-refractivity contribution in [2.45, 2.75) is 32.6 Å². The summed E-state index contributed by atoms with van der Waals surface area (Å²) in [6.07, 6.45) is 0. The van der Waals surface area contributed by atoms with Crippen LogP contribution >= 0.6 is 12.4 Å². The minimum atomic E-state index is -3.58. The predicted octanol–water partition coefficient (Wildman–Crippen LogP) is 2.36. The highest BCUT2D eigenvalue weighted by molar-refractivity contribution is 7.89. The third-order valence-corrected chi connectivity index (χ3v) is 6.94. The zero-order valence-electron chi connectivity index (χ0n) is 16.4. The van der Waals surface area contributed by atoms with Gasteiger partial charge in [-0.25, -0.2) is 8.42 Å². The van der Waals surface area contributed by atoms with Gasteiger partial charge >= 0.3 is 0 Å².